The summed E-state index contributed by atoms with van der Waals surface area (Å²) in [5, 5.41) is 0. The van der Waals surface area contributed by atoms with E-state index in [9.17, 15) is 4.79 Å². The molecule has 5 aliphatic heterocycles. The fraction of sp³-hybridized carbons (Fsp3) is 0.400. The number of amides is 1. The molecule has 7 rings (SSSR count). The summed E-state index contributed by atoms with van der Waals surface area (Å²) in [7, 11) is 0. The summed E-state index contributed by atoms with van der Waals surface area (Å²) in [5.41, 5.74) is 2.31. The minimum absolute atomic E-state index is 0.130. The molecule has 0 N–H and O–H groups in total. The molecule has 5 aliphatic rings. The van der Waals surface area contributed by atoms with Crippen molar-refractivity contribution < 1.29 is 14.3 Å². The van der Waals surface area contributed by atoms with Crippen LogP contribution in [0.15, 0.2) is 54.6 Å². The van der Waals surface area contributed by atoms with Gasteiger partial charge < -0.3 is 14.4 Å². The van der Waals surface area contributed by atoms with Crippen molar-refractivity contribution in [1.82, 2.24) is 9.80 Å². The van der Waals surface area contributed by atoms with Crippen LogP contribution in [0.25, 0.3) is 6.08 Å². The van der Waals surface area contributed by atoms with Crippen LogP contribution in [0.4, 0.5) is 0 Å². The lowest BCUT2D eigenvalue weighted by atomic mass is 9.75. The summed E-state index contributed by atoms with van der Waals surface area (Å²) in [6, 6.07) is 17.0. The number of hydrogen-bond acceptors (Lipinski definition) is 4. The van der Waals surface area contributed by atoms with Gasteiger partial charge in [-0.3, -0.25) is 9.69 Å². The number of rotatable bonds is 3. The Morgan fingerprint density at radius 2 is 1.77 bits per heavy atom. The summed E-state index contributed by atoms with van der Waals surface area (Å²) >= 11 is 0. The first-order valence-corrected chi connectivity index (χ1v) is 11.0. The molecule has 5 nitrogen and oxygen atoms in total. The smallest absolute Gasteiger partial charge is 0.246 e. The lowest BCUT2D eigenvalue weighted by Gasteiger charge is -2.51. The van der Waals surface area contributed by atoms with Crippen LogP contribution in [0.5, 0.6) is 11.5 Å². The number of benzene rings is 2. The Morgan fingerprint density at radius 1 is 0.967 bits per heavy atom. The highest BCUT2D eigenvalue weighted by molar-refractivity contribution is 5.92. The first-order chi connectivity index (χ1) is 14.8. The van der Waals surface area contributed by atoms with Crippen LogP contribution in [-0.2, 0) is 4.79 Å². The van der Waals surface area contributed by atoms with Gasteiger partial charge in [0, 0.05) is 24.6 Å². The average molecular weight is 402 g/mol. The number of carbonyl (C=O) groups excluding carboxylic acids is 1. The zero-order valence-electron chi connectivity index (χ0n) is 16.9. The third-order valence-electron chi connectivity index (χ3n) is 7.32. The summed E-state index contributed by atoms with van der Waals surface area (Å²) in [4.78, 5) is 18.1. The highest BCUT2D eigenvalue weighted by atomic mass is 16.7. The van der Waals surface area contributed by atoms with Gasteiger partial charge in [-0.2, -0.15) is 0 Å². The highest BCUT2D eigenvalue weighted by Gasteiger charge is 2.54. The molecule has 0 spiro atoms. The Labute approximate surface area is 176 Å². The lowest BCUT2D eigenvalue weighted by molar-refractivity contribution is -0.130. The van der Waals surface area contributed by atoms with E-state index in [1.807, 2.05) is 42.5 Å². The maximum absolute atomic E-state index is 13.3. The van der Waals surface area contributed by atoms with Gasteiger partial charge in [0.1, 0.15) is 0 Å². The van der Waals surface area contributed by atoms with Gasteiger partial charge in [0.15, 0.2) is 11.5 Å². The van der Waals surface area contributed by atoms with Gasteiger partial charge in [0.25, 0.3) is 0 Å². The van der Waals surface area contributed by atoms with E-state index in [2.05, 4.69) is 21.9 Å². The summed E-state index contributed by atoms with van der Waals surface area (Å²) in [5.74, 6) is 2.69. The van der Waals surface area contributed by atoms with Gasteiger partial charge in [-0.25, -0.2) is 0 Å². The molecule has 1 amide bonds. The Hall–Kier alpha value is -2.79. The number of piperidine rings is 3. The van der Waals surface area contributed by atoms with Crippen molar-refractivity contribution in [3.8, 4) is 11.5 Å². The fourth-order valence-corrected chi connectivity index (χ4v) is 5.94. The molecule has 0 aliphatic carbocycles. The third-order valence-corrected chi connectivity index (χ3v) is 7.32. The van der Waals surface area contributed by atoms with E-state index in [4.69, 9.17) is 9.47 Å². The van der Waals surface area contributed by atoms with Crippen LogP contribution in [0.2, 0.25) is 0 Å². The second-order valence-corrected chi connectivity index (χ2v) is 8.81. The predicted octanol–water partition coefficient (Wildman–Crippen LogP) is 3.52. The molecular weight excluding hydrogens is 376 g/mol. The summed E-state index contributed by atoms with van der Waals surface area (Å²) < 4.78 is 11.1. The van der Waals surface area contributed by atoms with E-state index in [1.54, 1.807) is 6.08 Å². The fourth-order valence-electron chi connectivity index (χ4n) is 5.94. The molecule has 0 unspecified atom stereocenters. The monoisotopic (exact) mass is 402 g/mol. The SMILES string of the molecule is O=C(/C=C/c1ccccc1)N1C[C@H](c2ccc3c(c2)OCO3)[C@H]2[C@@H]1C1CCN2CC1. The van der Waals surface area contributed by atoms with Crippen LogP contribution in [0.1, 0.15) is 29.9 Å². The van der Waals surface area contributed by atoms with Crippen molar-refractivity contribution in [2.24, 2.45) is 5.92 Å². The van der Waals surface area contributed by atoms with E-state index in [0.717, 1.165) is 36.7 Å². The normalized spacial score (nSPS) is 31.3. The molecule has 4 saturated heterocycles. The number of hydrogen-bond donors (Lipinski definition) is 0. The van der Waals surface area contributed by atoms with Crippen molar-refractivity contribution in [1.29, 1.82) is 0 Å². The summed E-state index contributed by atoms with van der Waals surface area (Å²) in [6.07, 6.45) is 6.08. The maximum atomic E-state index is 13.3. The van der Waals surface area contributed by atoms with Gasteiger partial charge in [0.2, 0.25) is 12.7 Å². The molecule has 30 heavy (non-hydrogen) atoms. The van der Waals surface area contributed by atoms with Crippen LogP contribution in [0, 0.1) is 5.92 Å². The second-order valence-electron chi connectivity index (χ2n) is 8.81. The Morgan fingerprint density at radius 3 is 2.60 bits per heavy atom. The van der Waals surface area contributed by atoms with Crippen LogP contribution in [-0.4, -0.2) is 54.2 Å². The van der Waals surface area contributed by atoms with E-state index < -0.39 is 0 Å². The van der Waals surface area contributed by atoms with Crippen molar-refractivity contribution in [3.63, 3.8) is 0 Å². The molecule has 0 aromatic heterocycles. The van der Waals surface area contributed by atoms with Crippen molar-refractivity contribution in [2.45, 2.75) is 30.8 Å². The molecule has 0 radical (unpaired) electrons. The summed E-state index contributed by atoms with van der Waals surface area (Å²) in [6.45, 7) is 3.35. The van der Waals surface area contributed by atoms with E-state index in [-0.39, 0.29) is 5.91 Å². The van der Waals surface area contributed by atoms with E-state index in [0.29, 0.717) is 30.7 Å². The number of ether oxygens (including phenoxy) is 2. The van der Waals surface area contributed by atoms with Crippen LogP contribution >= 0.6 is 0 Å². The second kappa shape index (κ2) is 7.17. The van der Waals surface area contributed by atoms with Gasteiger partial charge in [-0.15, -0.1) is 0 Å². The first-order valence-electron chi connectivity index (χ1n) is 11.0. The molecule has 154 valence electrons. The van der Waals surface area contributed by atoms with E-state index >= 15 is 0 Å². The minimum Gasteiger partial charge on any atom is -0.454 e. The first kappa shape index (κ1) is 18.0. The molecule has 5 heteroatoms. The predicted molar refractivity (Wildman–Crippen MR) is 114 cm³/mol. The van der Waals surface area contributed by atoms with Gasteiger partial charge in [0.05, 0.1) is 6.04 Å². The molecule has 2 bridgehead atoms. The minimum atomic E-state index is 0.130. The highest BCUT2D eigenvalue weighted by Crippen LogP contribution is 2.48. The molecule has 4 fully saturated rings. The third kappa shape index (κ3) is 2.91. The maximum Gasteiger partial charge on any atom is 0.246 e. The number of carbonyl (C=O) groups is 1. The topological polar surface area (TPSA) is 42.0 Å². The van der Waals surface area contributed by atoms with Crippen LogP contribution in [0.3, 0.4) is 0 Å². The number of fused-ring (bicyclic) bond motifs is 3. The lowest BCUT2D eigenvalue weighted by Crippen LogP contribution is -2.60. The van der Waals surface area contributed by atoms with Gasteiger partial charge in [-0.1, -0.05) is 36.4 Å². The molecular formula is C25H26N2O3. The average Bonchev–Trinajstić information content (AvgIpc) is 3.44. The largest absolute Gasteiger partial charge is 0.454 e. The zero-order chi connectivity index (χ0) is 20.1. The molecule has 5 heterocycles. The number of nitrogens with zero attached hydrogens (tertiary/aromatic N) is 2. The van der Waals surface area contributed by atoms with Gasteiger partial charge in [-0.05, 0) is 61.2 Å². The van der Waals surface area contributed by atoms with Crippen LogP contribution < -0.4 is 9.47 Å². The Balaban J connectivity index is 1.31. The van der Waals surface area contributed by atoms with E-state index in [1.165, 1.54) is 18.4 Å². The standard InChI is InChI=1S/C25H26N2O3/c28-23(9-6-17-4-2-1-3-5-17)27-15-20(19-7-8-21-22(14-19)30-16-29-21)25-24(27)18-10-12-26(25)13-11-18/h1-9,14,18,20,24-25H,10-13,15-16H2/b9-6+/t20-,24+,25+/m1/s1. The number of likely N-dealkylation sites (tertiary alicyclic amines) is 1. The molecule has 0 saturated carbocycles. The molecule has 2 aromatic rings. The van der Waals surface area contributed by atoms with Crippen molar-refractivity contribution >= 4 is 12.0 Å². The molecule has 3 atom stereocenters. The quantitative estimate of drug-likeness (QED) is 0.737. The van der Waals surface area contributed by atoms with Gasteiger partial charge >= 0.3 is 0 Å². The Kier molecular flexibility index (Phi) is 4.30. The van der Waals surface area contributed by atoms with Crippen molar-refractivity contribution in [3.05, 3.63) is 65.7 Å². The Bertz CT molecular complexity index is 981. The zero-order valence-corrected chi connectivity index (χ0v) is 16.9. The molecule has 2 aromatic carbocycles. The van der Waals surface area contributed by atoms with Crippen molar-refractivity contribution in [2.75, 3.05) is 26.4 Å².